The first-order valence-electron chi connectivity index (χ1n) is 6.20. The van der Waals surface area contributed by atoms with E-state index in [4.69, 9.17) is 0 Å². The molecule has 0 fully saturated rings. The van der Waals surface area contributed by atoms with Crippen LogP contribution >= 0.6 is 11.3 Å². The van der Waals surface area contributed by atoms with Crippen molar-refractivity contribution in [1.82, 2.24) is 15.0 Å². The van der Waals surface area contributed by atoms with Gasteiger partial charge in [0.2, 0.25) is 0 Å². The van der Waals surface area contributed by atoms with Gasteiger partial charge >= 0.3 is 0 Å². The molecule has 0 unspecified atom stereocenters. The monoisotopic (exact) mass is 302 g/mol. The average Bonchev–Trinajstić information content (AvgIpc) is 2.92. The zero-order valence-corrected chi connectivity index (χ0v) is 12.2. The molecule has 0 aliphatic heterocycles. The van der Waals surface area contributed by atoms with Crippen molar-refractivity contribution >= 4 is 33.4 Å². The van der Waals surface area contributed by atoms with Gasteiger partial charge in [-0.3, -0.25) is 10.1 Å². The maximum Gasteiger partial charge on any atom is 0.259 e. The minimum atomic E-state index is -0.524. The summed E-state index contributed by atoms with van der Waals surface area (Å²) in [6.45, 7) is 3.59. The van der Waals surface area contributed by atoms with Gasteiger partial charge in [-0.25, -0.2) is 19.3 Å². The summed E-state index contributed by atoms with van der Waals surface area (Å²) in [5.74, 6) is -0.976. The molecule has 2 aromatic heterocycles. The third kappa shape index (κ3) is 2.59. The molecule has 7 heteroatoms. The van der Waals surface area contributed by atoms with Crippen LogP contribution in [0.4, 0.5) is 9.52 Å². The van der Waals surface area contributed by atoms with Gasteiger partial charge in [0, 0.05) is 17.6 Å². The molecule has 5 nitrogen and oxygen atoms in total. The van der Waals surface area contributed by atoms with Crippen LogP contribution in [0.1, 0.15) is 21.7 Å². The van der Waals surface area contributed by atoms with E-state index in [0.717, 1.165) is 6.07 Å². The predicted octanol–water partition coefficient (Wildman–Crippen LogP) is 3.09. The van der Waals surface area contributed by atoms with Crippen molar-refractivity contribution in [1.29, 1.82) is 0 Å². The third-order valence-corrected chi connectivity index (χ3v) is 3.73. The summed E-state index contributed by atoms with van der Waals surface area (Å²) in [6, 6.07) is 2.43. The van der Waals surface area contributed by atoms with E-state index < -0.39 is 11.7 Å². The number of aryl methyl sites for hydroxylation is 2. The van der Waals surface area contributed by atoms with Gasteiger partial charge in [-0.05, 0) is 19.9 Å². The summed E-state index contributed by atoms with van der Waals surface area (Å²) in [5.41, 5.74) is 2.31. The number of carbonyl (C=O) groups is 1. The number of hydrogen-bond donors (Lipinski definition) is 1. The van der Waals surface area contributed by atoms with E-state index in [1.807, 2.05) is 0 Å². The Morgan fingerprint density at radius 3 is 2.71 bits per heavy atom. The van der Waals surface area contributed by atoms with Gasteiger partial charge in [-0.2, -0.15) is 0 Å². The van der Waals surface area contributed by atoms with E-state index in [1.165, 1.54) is 17.4 Å². The lowest BCUT2D eigenvalue weighted by Gasteiger charge is -2.08. The fourth-order valence-corrected chi connectivity index (χ4v) is 2.44. The second-order valence-corrected chi connectivity index (χ2v) is 5.40. The van der Waals surface area contributed by atoms with Crippen LogP contribution in [0.25, 0.3) is 11.0 Å². The molecular formula is C14H11FN4OS. The Balaban J connectivity index is 2.12. The highest BCUT2D eigenvalue weighted by Gasteiger charge is 2.16. The maximum absolute atomic E-state index is 13.7. The highest BCUT2D eigenvalue weighted by atomic mass is 32.1. The van der Waals surface area contributed by atoms with Gasteiger partial charge in [0.1, 0.15) is 11.3 Å². The number of nitrogens with zero attached hydrogens (tertiary/aromatic N) is 3. The molecule has 106 valence electrons. The van der Waals surface area contributed by atoms with E-state index in [-0.39, 0.29) is 5.56 Å². The van der Waals surface area contributed by atoms with Gasteiger partial charge in [-0.1, -0.05) is 0 Å². The zero-order valence-electron chi connectivity index (χ0n) is 11.3. The summed E-state index contributed by atoms with van der Waals surface area (Å²) < 4.78 is 13.7. The van der Waals surface area contributed by atoms with Crippen molar-refractivity contribution in [3.8, 4) is 0 Å². The SMILES string of the molecule is Cc1nc2cc(F)cc(C(=O)Nc3nccs3)c2nc1C. The molecule has 0 bridgehead atoms. The molecule has 2 heterocycles. The molecule has 0 aliphatic carbocycles. The fraction of sp³-hybridized carbons (Fsp3) is 0.143. The zero-order chi connectivity index (χ0) is 15.0. The number of hydrogen-bond acceptors (Lipinski definition) is 5. The molecule has 1 aromatic carbocycles. The molecule has 1 N–H and O–H groups in total. The molecular weight excluding hydrogens is 291 g/mol. The highest BCUT2D eigenvalue weighted by molar-refractivity contribution is 7.13. The van der Waals surface area contributed by atoms with Gasteiger partial charge in [0.25, 0.3) is 5.91 Å². The molecule has 0 aliphatic rings. The maximum atomic E-state index is 13.7. The molecule has 0 atom stereocenters. The highest BCUT2D eigenvalue weighted by Crippen LogP contribution is 2.21. The van der Waals surface area contributed by atoms with Crippen molar-refractivity contribution in [3.63, 3.8) is 0 Å². The van der Waals surface area contributed by atoms with Crippen molar-refractivity contribution in [2.24, 2.45) is 0 Å². The van der Waals surface area contributed by atoms with Crippen LogP contribution in [0.5, 0.6) is 0 Å². The first kappa shape index (κ1) is 13.6. The Morgan fingerprint density at radius 2 is 2.00 bits per heavy atom. The minimum Gasteiger partial charge on any atom is -0.298 e. The van der Waals surface area contributed by atoms with E-state index in [2.05, 4.69) is 20.3 Å². The Kier molecular flexibility index (Phi) is 3.34. The van der Waals surface area contributed by atoms with Crippen molar-refractivity contribution in [2.75, 3.05) is 5.32 Å². The van der Waals surface area contributed by atoms with Crippen molar-refractivity contribution in [3.05, 3.63) is 46.5 Å². The standard InChI is InChI=1S/C14H11FN4OS/c1-7-8(2)18-12-10(5-9(15)6-11(12)17-7)13(20)19-14-16-3-4-21-14/h3-6H,1-2H3,(H,16,19,20). The topological polar surface area (TPSA) is 67.8 Å². The number of fused-ring (bicyclic) bond motifs is 1. The summed E-state index contributed by atoms with van der Waals surface area (Å²) >= 11 is 1.29. The van der Waals surface area contributed by atoms with E-state index in [1.54, 1.807) is 25.4 Å². The summed E-state index contributed by atoms with van der Waals surface area (Å²) in [4.78, 5) is 24.9. The lowest BCUT2D eigenvalue weighted by atomic mass is 10.1. The second kappa shape index (κ2) is 5.17. The number of benzene rings is 1. The van der Waals surface area contributed by atoms with Crippen LogP contribution in [0.3, 0.4) is 0 Å². The molecule has 1 amide bonds. The summed E-state index contributed by atoms with van der Waals surface area (Å²) in [7, 11) is 0. The lowest BCUT2D eigenvalue weighted by molar-refractivity contribution is 0.102. The van der Waals surface area contributed by atoms with Crippen LogP contribution in [-0.2, 0) is 0 Å². The summed E-state index contributed by atoms with van der Waals surface area (Å²) in [5, 5.41) is 4.82. The third-order valence-electron chi connectivity index (χ3n) is 3.04. The van der Waals surface area contributed by atoms with Crippen LogP contribution < -0.4 is 5.32 Å². The molecule has 0 spiro atoms. The second-order valence-electron chi connectivity index (χ2n) is 4.51. The Hall–Kier alpha value is -2.41. The Bertz CT molecular complexity index is 833. The average molecular weight is 302 g/mol. The number of anilines is 1. The lowest BCUT2D eigenvalue weighted by Crippen LogP contribution is -2.13. The van der Waals surface area contributed by atoms with E-state index >= 15 is 0 Å². The van der Waals surface area contributed by atoms with Crippen LogP contribution in [0.15, 0.2) is 23.7 Å². The number of thiazole rings is 1. The Labute approximate surface area is 123 Å². The number of nitrogens with one attached hydrogen (secondary N) is 1. The molecule has 21 heavy (non-hydrogen) atoms. The van der Waals surface area contributed by atoms with Crippen molar-refractivity contribution in [2.45, 2.75) is 13.8 Å². The van der Waals surface area contributed by atoms with Crippen LogP contribution in [0.2, 0.25) is 0 Å². The Morgan fingerprint density at radius 1 is 1.24 bits per heavy atom. The quantitative estimate of drug-likeness (QED) is 0.790. The fourth-order valence-electron chi connectivity index (χ4n) is 1.92. The number of halogens is 1. The number of rotatable bonds is 2. The van der Waals surface area contributed by atoms with Gasteiger partial charge in [-0.15, -0.1) is 11.3 Å². The van der Waals surface area contributed by atoms with Gasteiger partial charge in [0.05, 0.1) is 22.5 Å². The van der Waals surface area contributed by atoms with Crippen LogP contribution in [-0.4, -0.2) is 20.9 Å². The number of amides is 1. The molecule has 0 saturated heterocycles. The van der Waals surface area contributed by atoms with Gasteiger partial charge in [0.15, 0.2) is 5.13 Å². The largest absolute Gasteiger partial charge is 0.298 e. The van der Waals surface area contributed by atoms with Gasteiger partial charge < -0.3 is 0 Å². The minimum absolute atomic E-state index is 0.149. The number of carbonyl (C=O) groups excluding carboxylic acids is 1. The molecule has 0 saturated carbocycles. The first-order valence-corrected chi connectivity index (χ1v) is 7.08. The van der Waals surface area contributed by atoms with E-state index in [0.29, 0.717) is 27.6 Å². The smallest absolute Gasteiger partial charge is 0.259 e. The first-order chi connectivity index (χ1) is 10.0. The van der Waals surface area contributed by atoms with Crippen LogP contribution in [0, 0.1) is 19.7 Å². The van der Waals surface area contributed by atoms with E-state index in [9.17, 15) is 9.18 Å². The normalized spacial score (nSPS) is 10.8. The molecule has 0 radical (unpaired) electrons. The predicted molar refractivity (Wildman–Crippen MR) is 79.0 cm³/mol. The van der Waals surface area contributed by atoms with Crippen molar-refractivity contribution < 1.29 is 9.18 Å². The molecule has 3 aromatic rings. The molecule has 3 rings (SSSR count). The number of aromatic nitrogens is 3. The summed E-state index contributed by atoms with van der Waals surface area (Å²) in [6.07, 6.45) is 1.58.